The minimum Gasteiger partial charge on any atom is -0.265 e. The molecule has 0 N–H and O–H groups in total. The largest absolute Gasteiger partial charge is 0.709 e. The topological polar surface area (TPSA) is 173 Å². The fourth-order valence-electron chi connectivity index (χ4n) is 1.35. The summed E-state index contributed by atoms with van der Waals surface area (Å²) < 4.78 is 0. The molecule has 12 heteroatoms. The van der Waals surface area contributed by atoms with Crippen LogP contribution in [0, 0.1) is 46.4 Å². The summed E-state index contributed by atoms with van der Waals surface area (Å²) >= 11 is 0. The van der Waals surface area contributed by atoms with Gasteiger partial charge in [0.15, 0.2) is 14.8 Å². The van der Waals surface area contributed by atoms with E-state index in [0.29, 0.717) is 0 Å². The van der Waals surface area contributed by atoms with E-state index in [0.717, 1.165) is 0 Å². The van der Waals surface area contributed by atoms with Crippen molar-refractivity contribution in [1.82, 2.24) is 0 Å². The van der Waals surface area contributed by atoms with E-state index in [2.05, 4.69) is 0 Å². The highest BCUT2D eigenvalue weighted by Crippen LogP contribution is 2.26. The molecule has 0 aliphatic heterocycles. The van der Waals surface area contributed by atoms with Gasteiger partial charge in [0.25, 0.3) is 0 Å². The van der Waals surface area contributed by atoms with Crippen LogP contribution in [0.1, 0.15) is 13.3 Å². The molecule has 96 valence electrons. The van der Waals surface area contributed by atoms with Crippen molar-refractivity contribution < 1.29 is 19.7 Å². The van der Waals surface area contributed by atoms with Gasteiger partial charge in [-0.2, -0.15) is 0 Å². The van der Waals surface area contributed by atoms with E-state index in [1.165, 1.54) is 6.92 Å². The van der Waals surface area contributed by atoms with Crippen LogP contribution in [0.3, 0.4) is 0 Å². The van der Waals surface area contributed by atoms with Crippen molar-refractivity contribution >= 4 is 0 Å². The molecule has 0 bridgehead atoms. The highest BCUT2D eigenvalue weighted by Gasteiger charge is 2.77. The van der Waals surface area contributed by atoms with Gasteiger partial charge in [0, 0.05) is 4.92 Å². The van der Waals surface area contributed by atoms with E-state index >= 15 is 0 Å². The van der Waals surface area contributed by atoms with Crippen molar-refractivity contribution in [2.24, 2.45) is 5.92 Å². The SMILES string of the molecule is CCC(C[N+](=O)[O-])C([N+](=O)[O-])([N+](=O)[O-])[N+](=O)[O-]. The Labute approximate surface area is 92.8 Å². The molecule has 0 spiro atoms. The fraction of sp³-hybridized carbons (Fsp3) is 1.00. The molecule has 0 radical (unpaired) electrons. The van der Waals surface area contributed by atoms with Gasteiger partial charge in [-0.15, -0.1) is 0 Å². The van der Waals surface area contributed by atoms with Gasteiger partial charge in [-0.1, -0.05) is 6.92 Å². The Bertz CT molecular complexity index is 331. The lowest BCUT2D eigenvalue weighted by atomic mass is 9.98. The molecule has 0 heterocycles. The Hall–Kier alpha value is -2.40. The van der Waals surface area contributed by atoms with Crippen LogP contribution in [0.25, 0.3) is 0 Å². The normalized spacial score (nSPS) is 12.8. The summed E-state index contributed by atoms with van der Waals surface area (Å²) in [4.78, 5) is 35.8. The monoisotopic (exact) mass is 252 g/mol. The van der Waals surface area contributed by atoms with Gasteiger partial charge >= 0.3 is 5.79 Å². The summed E-state index contributed by atoms with van der Waals surface area (Å²) in [5, 5.41) is 42.0. The molecule has 17 heavy (non-hydrogen) atoms. The van der Waals surface area contributed by atoms with Crippen LogP contribution in [0.4, 0.5) is 0 Å². The van der Waals surface area contributed by atoms with Crippen molar-refractivity contribution in [3.63, 3.8) is 0 Å². The van der Waals surface area contributed by atoms with Gasteiger partial charge in [-0.3, -0.25) is 40.5 Å². The highest BCUT2D eigenvalue weighted by molar-refractivity contribution is 4.66. The van der Waals surface area contributed by atoms with Crippen molar-refractivity contribution in [3.05, 3.63) is 40.5 Å². The minimum absolute atomic E-state index is 0.441. The smallest absolute Gasteiger partial charge is 0.265 e. The van der Waals surface area contributed by atoms with Crippen LogP contribution in [0.5, 0.6) is 0 Å². The van der Waals surface area contributed by atoms with Crippen molar-refractivity contribution in [2.45, 2.75) is 19.1 Å². The maximum Gasteiger partial charge on any atom is 0.709 e. The number of nitro groups is 4. The summed E-state index contributed by atoms with van der Waals surface area (Å²) in [5.41, 5.74) is 0. The fourth-order valence-corrected chi connectivity index (χ4v) is 1.35. The highest BCUT2D eigenvalue weighted by atomic mass is 16.7. The first-order valence-corrected chi connectivity index (χ1v) is 4.26. The van der Waals surface area contributed by atoms with E-state index in [9.17, 15) is 40.5 Å². The Balaban J connectivity index is 5.71. The van der Waals surface area contributed by atoms with E-state index in [1.807, 2.05) is 0 Å². The quantitative estimate of drug-likeness (QED) is 0.339. The molecule has 0 saturated carbocycles. The Morgan fingerprint density at radius 2 is 1.29 bits per heavy atom. The van der Waals surface area contributed by atoms with Gasteiger partial charge in [0.1, 0.15) is 0 Å². The van der Waals surface area contributed by atoms with Crippen LogP contribution >= 0.6 is 0 Å². The molecule has 0 aliphatic carbocycles. The van der Waals surface area contributed by atoms with Gasteiger partial charge in [-0.25, -0.2) is 0 Å². The van der Waals surface area contributed by atoms with Gasteiger partial charge in [0.05, 0.1) is 0 Å². The average Bonchev–Trinajstić information content (AvgIpc) is 2.14. The van der Waals surface area contributed by atoms with Crippen LogP contribution in [0.15, 0.2) is 0 Å². The second-order valence-electron chi connectivity index (χ2n) is 3.08. The Kier molecular flexibility index (Phi) is 4.37. The zero-order valence-corrected chi connectivity index (χ0v) is 8.55. The van der Waals surface area contributed by atoms with E-state index in [-0.39, 0.29) is 0 Å². The summed E-state index contributed by atoms with van der Waals surface area (Å²) in [7, 11) is 0. The van der Waals surface area contributed by atoms with Crippen LogP contribution in [-0.2, 0) is 0 Å². The number of nitrogens with zero attached hydrogens (tertiary/aromatic N) is 4. The summed E-state index contributed by atoms with van der Waals surface area (Å²) in [6, 6.07) is 0. The molecule has 0 saturated heterocycles. The maximum atomic E-state index is 10.6. The molecule has 0 aromatic rings. The molecule has 0 aliphatic rings. The molecule has 0 fully saturated rings. The third kappa shape index (κ3) is 2.40. The average molecular weight is 252 g/mol. The van der Waals surface area contributed by atoms with Gasteiger partial charge < -0.3 is 0 Å². The van der Waals surface area contributed by atoms with Crippen molar-refractivity contribution in [1.29, 1.82) is 0 Å². The van der Waals surface area contributed by atoms with Crippen molar-refractivity contribution in [2.75, 3.05) is 6.54 Å². The summed E-state index contributed by atoms with van der Waals surface area (Å²) in [5.74, 6) is -5.71. The molecule has 0 amide bonds. The Morgan fingerprint density at radius 3 is 1.47 bits per heavy atom. The molecule has 12 nitrogen and oxygen atoms in total. The third-order valence-electron chi connectivity index (χ3n) is 2.22. The Morgan fingerprint density at radius 1 is 0.941 bits per heavy atom. The lowest BCUT2D eigenvalue weighted by Crippen LogP contribution is -2.60. The predicted molar refractivity (Wildman–Crippen MR) is 49.4 cm³/mol. The van der Waals surface area contributed by atoms with Gasteiger partial charge in [0.2, 0.25) is 12.5 Å². The predicted octanol–water partition coefficient (Wildman–Crippen LogP) is -0.227. The summed E-state index contributed by atoms with van der Waals surface area (Å²) in [6.45, 7) is -0.0567. The van der Waals surface area contributed by atoms with E-state index < -0.39 is 44.4 Å². The minimum atomic E-state index is -3.78. The standard InChI is InChI=1S/C5H8N4O8/c1-2-4(3-6(10)11)5(7(12)13,8(14)15)9(16)17/h4H,2-3H2,1H3. The third-order valence-corrected chi connectivity index (χ3v) is 2.22. The lowest BCUT2D eigenvalue weighted by molar-refractivity contribution is -0.980. The lowest BCUT2D eigenvalue weighted by Gasteiger charge is -2.14. The molecular weight excluding hydrogens is 244 g/mol. The molecule has 0 aromatic heterocycles. The van der Waals surface area contributed by atoms with Crippen LogP contribution < -0.4 is 0 Å². The van der Waals surface area contributed by atoms with E-state index in [4.69, 9.17) is 0 Å². The van der Waals surface area contributed by atoms with Gasteiger partial charge in [-0.05, 0) is 6.42 Å². The second kappa shape index (κ2) is 5.09. The first-order chi connectivity index (χ1) is 7.71. The molecule has 1 atom stereocenters. The molecule has 0 aromatic carbocycles. The molecule has 0 rings (SSSR count). The molecular formula is C5H8N4O8. The first-order valence-electron chi connectivity index (χ1n) is 4.26. The molecule has 1 unspecified atom stereocenters. The second-order valence-corrected chi connectivity index (χ2v) is 3.08. The van der Waals surface area contributed by atoms with Crippen molar-refractivity contribution in [3.8, 4) is 0 Å². The van der Waals surface area contributed by atoms with Crippen LogP contribution in [-0.4, -0.2) is 32.0 Å². The first kappa shape index (κ1) is 14.6. The zero-order valence-electron chi connectivity index (χ0n) is 8.55. The van der Waals surface area contributed by atoms with E-state index in [1.54, 1.807) is 0 Å². The number of hydrogen-bond donors (Lipinski definition) is 0. The number of rotatable bonds is 7. The summed E-state index contributed by atoms with van der Waals surface area (Å²) in [6.07, 6.45) is -0.441. The zero-order chi connectivity index (χ0) is 13.8. The maximum absolute atomic E-state index is 10.6. The number of hydrogen-bond acceptors (Lipinski definition) is 8. The van der Waals surface area contributed by atoms with Crippen LogP contribution in [0.2, 0.25) is 0 Å².